The lowest BCUT2D eigenvalue weighted by atomic mass is 10.3. The smallest absolute Gasteiger partial charge is 0.224 e. The van der Waals surface area contributed by atoms with Crippen LogP contribution in [0.4, 0.5) is 5.95 Å². The Kier molecular flexibility index (Phi) is 3.19. The highest BCUT2D eigenvalue weighted by Crippen LogP contribution is 2.04. The Morgan fingerprint density at radius 3 is 2.93 bits per heavy atom. The zero-order valence-electron chi connectivity index (χ0n) is 8.33. The Balaban J connectivity index is 2.82. The minimum Gasteiger partial charge on any atom is -0.350 e. The minimum absolute atomic E-state index is 0.377. The van der Waals surface area contributed by atoms with Gasteiger partial charge in [-0.15, -0.1) is 0 Å². The molecule has 0 fully saturated rings. The molecule has 0 unspecified atom stereocenters. The van der Waals surface area contributed by atoms with E-state index in [1.807, 2.05) is 19.9 Å². The second-order valence-corrected chi connectivity index (χ2v) is 3.14. The predicted octanol–water partition coefficient (Wildman–Crippen LogP) is 1.64. The predicted molar refractivity (Wildman–Crippen MR) is 54.8 cm³/mol. The van der Waals surface area contributed by atoms with E-state index in [0.29, 0.717) is 18.2 Å². The van der Waals surface area contributed by atoms with Crippen LogP contribution < -0.4 is 5.32 Å². The van der Waals surface area contributed by atoms with Gasteiger partial charge >= 0.3 is 0 Å². The zero-order valence-corrected chi connectivity index (χ0v) is 8.33. The van der Waals surface area contributed by atoms with Gasteiger partial charge in [0.2, 0.25) is 5.95 Å². The van der Waals surface area contributed by atoms with Crippen molar-refractivity contribution in [1.29, 1.82) is 5.26 Å². The van der Waals surface area contributed by atoms with Gasteiger partial charge in [-0.05, 0) is 19.9 Å². The molecular weight excluding hydrogens is 176 g/mol. The number of nitrogens with zero attached hydrogens (tertiary/aromatic N) is 3. The van der Waals surface area contributed by atoms with Crippen LogP contribution in [0.3, 0.4) is 0 Å². The van der Waals surface area contributed by atoms with E-state index in [1.54, 1.807) is 6.07 Å². The maximum absolute atomic E-state index is 8.68. The van der Waals surface area contributed by atoms with Crippen molar-refractivity contribution >= 4 is 5.95 Å². The van der Waals surface area contributed by atoms with Gasteiger partial charge in [0.25, 0.3) is 0 Å². The van der Waals surface area contributed by atoms with E-state index >= 15 is 0 Å². The molecule has 1 aromatic rings. The van der Waals surface area contributed by atoms with Gasteiger partial charge in [0.05, 0.1) is 0 Å². The fourth-order valence-corrected chi connectivity index (χ4v) is 0.935. The first-order chi connectivity index (χ1) is 6.61. The number of aromatic nitrogens is 2. The molecule has 1 N–H and O–H groups in total. The monoisotopic (exact) mass is 188 g/mol. The molecule has 4 heteroatoms. The van der Waals surface area contributed by atoms with Crippen LogP contribution in [0.1, 0.15) is 18.3 Å². The van der Waals surface area contributed by atoms with Crippen LogP contribution in [-0.4, -0.2) is 16.5 Å². The fourth-order valence-electron chi connectivity index (χ4n) is 0.935. The van der Waals surface area contributed by atoms with Gasteiger partial charge < -0.3 is 5.32 Å². The molecule has 0 saturated heterocycles. The van der Waals surface area contributed by atoms with E-state index in [0.717, 1.165) is 11.3 Å². The summed E-state index contributed by atoms with van der Waals surface area (Å²) < 4.78 is 0. The summed E-state index contributed by atoms with van der Waals surface area (Å²) in [6, 6.07) is 3.63. The second kappa shape index (κ2) is 4.38. The van der Waals surface area contributed by atoms with Gasteiger partial charge in [-0.1, -0.05) is 12.2 Å². The molecule has 0 saturated carbocycles. The van der Waals surface area contributed by atoms with Crippen molar-refractivity contribution in [3.05, 3.63) is 29.6 Å². The molecule has 0 bridgehead atoms. The molecular formula is C10H12N4. The van der Waals surface area contributed by atoms with Gasteiger partial charge in [-0.25, -0.2) is 9.97 Å². The van der Waals surface area contributed by atoms with E-state index in [4.69, 9.17) is 5.26 Å². The van der Waals surface area contributed by atoms with Gasteiger partial charge in [0.15, 0.2) is 0 Å². The zero-order chi connectivity index (χ0) is 10.6. The van der Waals surface area contributed by atoms with Crippen LogP contribution in [-0.2, 0) is 0 Å². The van der Waals surface area contributed by atoms with Crippen LogP contribution in [0, 0.1) is 18.3 Å². The molecule has 14 heavy (non-hydrogen) atoms. The molecule has 1 aromatic heterocycles. The first-order valence-corrected chi connectivity index (χ1v) is 4.26. The maximum atomic E-state index is 8.68. The van der Waals surface area contributed by atoms with E-state index in [1.165, 1.54) is 0 Å². The molecule has 0 aliphatic rings. The largest absolute Gasteiger partial charge is 0.350 e. The lowest BCUT2D eigenvalue weighted by molar-refractivity contribution is 1.04. The minimum atomic E-state index is 0.377. The molecule has 0 atom stereocenters. The summed E-state index contributed by atoms with van der Waals surface area (Å²) in [7, 11) is 0. The van der Waals surface area contributed by atoms with E-state index in [-0.39, 0.29) is 0 Å². The molecule has 0 radical (unpaired) electrons. The molecule has 0 spiro atoms. The SMILES string of the molecule is C=C(C)CNc1nc(C)cc(C#N)n1. The average Bonchev–Trinajstić information content (AvgIpc) is 2.14. The molecule has 0 amide bonds. The summed E-state index contributed by atoms with van der Waals surface area (Å²) in [6.07, 6.45) is 0. The third kappa shape index (κ3) is 2.87. The van der Waals surface area contributed by atoms with Crippen molar-refractivity contribution < 1.29 is 0 Å². The third-order valence-corrected chi connectivity index (χ3v) is 1.52. The van der Waals surface area contributed by atoms with Crippen molar-refractivity contribution in [2.45, 2.75) is 13.8 Å². The summed E-state index contributed by atoms with van der Waals surface area (Å²) >= 11 is 0. The van der Waals surface area contributed by atoms with Crippen molar-refractivity contribution in [3.8, 4) is 6.07 Å². The Bertz CT molecular complexity index is 390. The molecule has 0 aromatic carbocycles. The summed E-state index contributed by atoms with van der Waals surface area (Å²) in [6.45, 7) is 8.11. The first-order valence-electron chi connectivity index (χ1n) is 4.26. The van der Waals surface area contributed by atoms with E-state index in [2.05, 4.69) is 21.9 Å². The van der Waals surface area contributed by atoms with Crippen LogP contribution in [0.5, 0.6) is 0 Å². The van der Waals surface area contributed by atoms with Crippen LogP contribution in [0.15, 0.2) is 18.2 Å². The highest BCUT2D eigenvalue weighted by Gasteiger charge is 2.00. The Morgan fingerprint density at radius 2 is 2.36 bits per heavy atom. The van der Waals surface area contributed by atoms with Gasteiger partial charge in [0.1, 0.15) is 11.8 Å². The summed E-state index contributed by atoms with van der Waals surface area (Å²) in [4.78, 5) is 8.14. The number of aryl methyl sites for hydroxylation is 1. The van der Waals surface area contributed by atoms with Gasteiger partial charge in [-0.3, -0.25) is 0 Å². The topological polar surface area (TPSA) is 61.6 Å². The third-order valence-electron chi connectivity index (χ3n) is 1.52. The summed E-state index contributed by atoms with van der Waals surface area (Å²) in [5, 5.41) is 11.7. The fraction of sp³-hybridized carbons (Fsp3) is 0.300. The standard InChI is InChI=1S/C10H12N4/c1-7(2)6-12-10-13-8(3)4-9(5-11)14-10/h4H,1,6H2,2-3H3,(H,12,13,14). The van der Waals surface area contributed by atoms with Gasteiger partial charge in [-0.2, -0.15) is 5.26 Å². The number of rotatable bonds is 3. The highest BCUT2D eigenvalue weighted by atomic mass is 15.1. The van der Waals surface area contributed by atoms with Crippen molar-refractivity contribution in [1.82, 2.24) is 9.97 Å². The molecule has 1 rings (SSSR count). The second-order valence-electron chi connectivity index (χ2n) is 3.14. The molecule has 0 aliphatic carbocycles. The van der Waals surface area contributed by atoms with Crippen LogP contribution >= 0.6 is 0 Å². The van der Waals surface area contributed by atoms with E-state index < -0.39 is 0 Å². The maximum Gasteiger partial charge on any atom is 0.224 e. The molecule has 72 valence electrons. The van der Waals surface area contributed by atoms with Crippen LogP contribution in [0.2, 0.25) is 0 Å². The first kappa shape index (κ1) is 10.2. The number of nitriles is 1. The number of anilines is 1. The van der Waals surface area contributed by atoms with Crippen molar-refractivity contribution in [2.75, 3.05) is 11.9 Å². The lowest BCUT2D eigenvalue weighted by Gasteiger charge is -2.04. The van der Waals surface area contributed by atoms with Gasteiger partial charge in [0, 0.05) is 12.2 Å². The van der Waals surface area contributed by atoms with Crippen molar-refractivity contribution in [3.63, 3.8) is 0 Å². The number of hydrogen-bond donors (Lipinski definition) is 1. The average molecular weight is 188 g/mol. The highest BCUT2D eigenvalue weighted by molar-refractivity contribution is 5.33. The molecule has 4 nitrogen and oxygen atoms in total. The summed E-state index contributed by atoms with van der Waals surface area (Å²) in [5.41, 5.74) is 2.15. The Morgan fingerprint density at radius 1 is 1.64 bits per heavy atom. The van der Waals surface area contributed by atoms with E-state index in [9.17, 15) is 0 Å². The number of nitrogens with one attached hydrogen (secondary N) is 1. The summed E-state index contributed by atoms with van der Waals surface area (Å²) in [5.74, 6) is 0.476. The normalized spacial score (nSPS) is 9.21. The molecule has 0 aliphatic heterocycles. The van der Waals surface area contributed by atoms with Crippen molar-refractivity contribution in [2.24, 2.45) is 0 Å². The number of hydrogen-bond acceptors (Lipinski definition) is 4. The lowest BCUT2D eigenvalue weighted by Crippen LogP contribution is -2.07. The Labute approximate surface area is 83.3 Å². The van der Waals surface area contributed by atoms with Crippen LogP contribution in [0.25, 0.3) is 0 Å². The molecule has 1 heterocycles. The Hall–Kier alpha value is -1.89. The quantitative estimate of drug-likeness (QED) is 0.732.